The number of carbonyl (C=O) groups excluding carboxylic acids is 4. The summed E-state index contributed by atoms with van der Waals surface area (Å²) in [5.74, 6) is -2.30. The van der Waals surface area contributed by atoms with Gasteiger partial charge in [-0.3, -0.25) is 19.3 Å². The maximum Gasteiger partial charge on any atom is 0.328 e. The van der Waals surface area contributed by atoms with Crippen molar-refractivity contribution >= 4 is 23.7 Å². The first kappa shape index (κ1) is 24.1. The zero-order valence-corrected chi connectivity index (χ0v) is 18.5. The van der Waals surface area contributed by atoms with E-state index in [1.807, 2.05) is 30.3 Å². The molecule has 2 aromatic rings. The quantitative estimate of drug-likeness (QED) is 0.307. The Balaban J connectivity index is 1.85. The number of benzene rings is 2. The molecule has 0 bridgehead atoms. The molecule has 2 aromatic carbocycles. The van der Waals surface area contributed by atoms with E-state index in [0.717, 1.165) is 10.5 Å². The van der Waals surface area contributed by atoms with Crippen LogP contribution >= 0.6 is 0 Å². The van der Waals surface area contributed by atoms with E-state index < -0.39 is 35.8 Å². The molecule has 0 radical (unpaired) electrons. The van der Waals surface area contributed by atoms with Crippen molar-refractivity contribution in [3.05, 3.63) is 71.3 Å². The second kappa shape index (κ2) is 11.4. The Hall–Kier alpha value is -3.52. The minimum absolute atomic E-state index is 0.0735. The van der Waals surface area contributed by atoms with Gasteiger partial charge in [-0.25, -0.2) is 4.79 Å². The van der Waals surface area contributed by atoms with Crippen LogP contribution in [0.2, 0.25) is 0 Å². The minimum Gasteiger partial charge on any atom is -0.464 e. The molecular formula is C25H28N2O6. The van der Waals surface area contributed by atoms with E-state index >= 15 is 0 Å². The molecule has 0 aromatic heterocycles. The van der Waals surface area contributed by atoms with Crippen LogP contribution < -0.4 is 5.32 Å². The Labute approximate surface area is 192 Å². The number of amides is 3. The van der Waals surface area contributed by atoms with Crippen molar-refractivity contribution in [3.8, 4) is 0 Å². The molecule has 1 aliphatic heterocycles. The Morgan fingerprint density at radius 3 is 2.15 bits per heavy atom. The number of carbonyl (C=O) groups is 4. The van der Waals surface area contributed by atoms with Gasteiger partial charge in [-0.2, -0.15) is 0 Å². The molecule has 8 nitrogen and oxygen atoms in total. The molecule has 2 N–H and O–H groups in total. The van der Waals surface area contributed by atoms with Gasteiger partial charge in [0.2, 0.25) is 5.91 Å². The van der Waals surface area contributed by atoms with Crippen LogP contribution in [-0.4, -0.2) is 59.0 Å². The molecule has 174 valence electrons. The number of nitrogens with one attached hydrogen (secondary N) is 1. The standard InChI is InChI=1S/C25H28N2O6/c1-2-33-25(32)20(16-17-10-4-3-5-11-17)26-22(29)21(14-8-9-15-28)27-23(30)18-12-6-7-13-19(18)24(27)31/h3-7,10-13,20-21,28H,2,8-9,14-16H2,1H3,(H,26,29)/t20-,21+/m1/s1. The van der Waals surface area contributed by atoms with E-state index in [1.54, 1.807) is 31.2 Å². The monoisotopic (exact) mass is 452 g/mol. The average molecular weight is 453 g/mol. The first-order valence-corrected chi connectivity index (χ1v) is 11.1. The summed E-state index contributed by atoms with van der Waals surface area (Å²) >= 11 is 0. The third kappa shape index (κ3) is 5.64. The number of ether oxygens (including phenoxy) is 1. The number of unbranched alkanes of at least 4 members (excludes halogenated alkanes) is 1. The second-order valence-corrected chi connectivity index (χ2v) is 7.76. The third-order valence-electron chi connectivity index (χ3n) is 5.50. The topological polar surface area (TPSA) is 113 Å². The fourth-order valence-electron chi connectivity index (χ4n) is 3.87. The number of aliphatic hydroxyl groups is 1. The first-order chi connectivity index (χ1) is 16.0. The molecule has 0 saturated carbocycles. The van der Waals surface area contributed by atoms with Crippen LogP contribution in [-0.2, 0) is 20.7 Å². The van der Waals surface area contributed by atoms with Crippen molar-refractivity contribution in [3.63, 3.8) is 0 Å². The van der Waals surface area contributed by atoms with Gasteiger partial charge in [-0.15, -0.1) is 0 Å². The lowest BCUT2D eigenvalue weighted by Crippen LogP contribution is -2.54. The van der Waals surface area contributed by atoms with Gasteiger partial charge >= 0.3 is 5.97 Å². The summed E-state index contributed by atoms with van der Waals surface area (Å²) < 4.78 is 5.14. The number of fused-ring (bicyclic) bond motifs is 1. The number of rotatable bonds is 11. The largest absolute Gasteiger partial charge is 0.464 e. The van der Waals surface area contributed by atoms with Gasteiger partial charge in [0, 0.05) is 13.0 Å². The van der Waals surface area contributed by atoms with Crippen molar-refractivity contribution in [2.75, 3.05) is 13.2 Å². The van der Waals surface area contributed by atoms with Crippen LogP contribution in [0.25, 0.3) is 0 Å². The fraction of sp³-hybridized carbons (Fsp3) is 0.360. The molecule has 0 saturated heterocycles. The highest BCUT2D eigenvalue weighted by Gasteiger charge is 2.43. The highest BCUT2D eigenvalue weighted by Crippen LogP contribution is 2.26. The number of imide groups is 1. The number of esters is 1. The maximum atomic E-state index is 13.3. The summed E-state index contributed by atoms with van der Waals surface area (Å²) in [7, 11) is 0. The van der Waals surface area contributed by atoms with Crippen LogP contribution in [0.1, 0.15) is 52.5 Å². The van der Waals surface area contributed by atoms with E-state index in [1.165, 1.54) is 0 Å². The summed E-state index contributed by atoms with van der Waals surface area (Å²) in [6, 6.07) is 13.5. The third-order valence-corrected chi connectivity index (χ3v) is 5.50. The van der Waals surface area contributed by atoms with Crippen molar-refractivity contribution in [2.24, 2.45) is 0 Å². The summed E-state index contributed by atoms with van der Waals surface area (Å²) in [4.78, 5) is 52.9. The lowest BCUT2D eigenvalue weighted by Gasteiger charge is -2.27. The number of nitrogens with zero attached hydrogens (tertiary/aromatic N) is 1. The van der Waals surface area contributed by atoms with Gasteiger partial charge in [0.1, 0.15) is 12.1 Å². The molecule has 0 unspecified atom stereocenters. The van der Waals surface area contributed by atoms with E-state index in [2.05, 4.69) is 5.32 Å². The van der Waals surface area contributed by atoms with Crippen LogP contribution in [0, 0.1) is 0 Å². The average Bonchev–Trinajstić information content (AvgIpc) is 3.07. The van der Waals surface area contributed by atoms with Crippen LogP contribution in [0.4, 0.5) is 0 Å². The molecule has 8 heteroatoms. The number of hydrogen-bond acceptors (Lipinski definition) is 6. The summed E-state index contributed by atoms with van der Waals surface area (Å²) in [5, 5.41) is 11.9. The molecule has 0 spiro atoms. The fourth-order valence-corrected chi connectivity index (χ4v) is 3.87. The number of aliphatic hydroxyl groups excluding tert-OH is 1. The van der Waals surface area contributed by atoms with Gasteiger partial charge in [0.05, 0.1) is 17.7 Å². The van der Waals surface area contributed by atoms with Crippen molar-refractivity contribution in [1.82, 2.24) is 10.2 Å². The van der Waals surface area contributed by atoms with E-state index in [-0.39, 0.29) is 37.2 Å². The van der Waals surface area contributed by atoms with Crippen molar-refractivity contribution in [2.45, 2.75) is 44.7 Å². The minimum atomic E-state index is -1.11. The van der Waals surface area contributed by atoms with Gasteiger partial charge in [0.15, 0.2) is 0 Å². The Bertz CT molecular complexity index is 972. The van der Waals surface area contributed by atoms with Gasteiger partial charge in [-0.05, 0) is 43.9 Å². The van der Waals surface area contributed by atoms with E-state index in [0.29, 0.717) is 12.8 Å². The Kier molecular flexibility index (Phi) is 8.32. The van der Waals surface area contributed by atoms with Crippen molar-refractivity contribution < 1.29 is 29.0 Å². The molecule has 1 heterocycles. The molecule has 33 heavy (non-hydrogen) atoms. The van der Waals surface area contributed by atoms with Crippen molar-refractivity contribution in [1.29, 1.82) is 0 Å². The Morgan fingerprint density at radius 2 is 1.58 bits per heavy atom. The zero-order chi connectivity index (χ0) is 23.8. The highest BCUT2D eigenvalue weighted by atomic mass is 16.5. The summed E-state index contributed by atoms with van der Waals surface area (Å²) in [6.07, 6.45) is 1.21. The second-order valence-electron chi connectivity index (χ2n) is 7.76. The molecule has 1 aliphatic rings. The van der Waals surface area contributed by atoms with Crippen LogP contribution in [0.5, 0.6) is 0 Å². The van der Waals surface area contributed by atoms with Crippen LogP contribution in [0.3, 0.4) is 0 Å². The maximum absolute atomic E-state index is 13.3. The van der Waals surface area contributed by atoms with Gasteiger partial charge in [-0.1, -0.05) is 42.5 Å². The lowest BCUT2D eigenvalue weighted by molar-refractivity contribution is -0.147. The lowest BCUT2D eigenvalue weighted by atomic mass is 10.0. The predicted molar refractivity (Wildman–Crippen MR) is 120 cm³/mol. The smallest absolute Gasteiger partial charge is 0.328 e. The zero-order valence-electron chi connectivity index (χ0n) is 18.5. The molecule has 0 fully saturated rings. The molecule has 0 aliphatic carbocycles. The molecule has 3 rings (SSSR count). The van der Waals surface area contributed by atoms with Gasteiger partial charge < -0.3 is 15.2 Å². The number of hydrogen-bond donors (Lipinski definition) is 2. The highest BCUT2D eigenvalue weighted by molar-refractivity contribution is 6.22. The predicted octanol–water partition coefficient (Wildman–Crippen LogP) is 2.10. The van der Waals surface area contributed by atoms with E-state index in [9.17, 15) is 19.2 Å². The van der Waals surface area contributed by atoms with Crippen LogP contribution in [0.15, 0.2) is 54.6 Å². The Morgan fingerprint density at radius 1 is 0.970 bits per heavy atom. The SMILES string of the molecule is CCOC(=O)[C@@H](Cc1ccccc1)NC(=O)[C@H](CCCCO)N1C(=O)c2ccccc2C1=O. The summed E-state index contributed by atoms with van der Waals surface area (Å²) in [5.41, 5.74) is 1.32. The van der Waals surface area contributed by atoms with Gasteiger partial charge in [0.25, 0.3) is 11.8 Å². The molecular weight excluding hydrogens is 424 g/mol. The molecule has 3 amide bonds. The van der Waals surface area contributed by atoms with E-state index in [4.69, 9.17) is 9.84 Å². The first-order valence-electron chi connectivity index (χ1n) is 11.1. The normalized spacial score (nSPS) is 14.5. The molecule has 2 atom stereocenters. The summed E-state index contributed by atoms with van der Waals surface area (Å²) in [6.45, 7) is 1.75.